The number of benzene rings is 3. The van der Waals surface area contributed by atoms with E-state index in [-0.39, 0.29) is 17.2 Å². The van der Waals surface area contributed by atoms with E-state index >= 15 is 0 Å². The number of anilines is 2. The Morgan fingerprint density at radius 3 is 2.68 bits per heavy atom. The zero-order chi connectivity index (χ0) is 27.0. The molecule has 5 rings (SSSR count). The highest BCUT2D eigenvalue weighted by Gasteiger charge is 2.19. The maximum atomic E-state index is 13.6. The normalized spacial score (nSPS) is 11.2. The molecule has 38 heavy (non-hydrogen) atoms. The van der Waals surface area contributed by atoms with Crippen LogP contribution in [0.25, 0.3) is 27.7 Å². The molecule has 5 aromatic rings. The molecule has 0 aliphatic carbocycles. The van der Waals surface area contributed by atoms with Gasteiger partial charge in [-0.3, -0.25) is 4.79 Å². The number of methoxy groups -OCH3 is 1. The lowest BCUT2D eigenvalue weighted by atomic mass is 9.96. The van der Waals surface area contributed by atoms with Crippen LogP contribution in [0.15, 0.2) is 71.9 Å². The zero-order valence-electron chi connectivity index (χ0n) is 20.2. The van der Waals surface area contributed by atoms with Crippen molar-refractivity contribution in [1.29, 1.82) is 0 Å². The molecule has 1 amide bonds. The van der Waals surface area contributed by atoms with Gasteiger partial charge in [0.05, 0.1) is 23.4 Å². The lowest BCUT2D eigenvalue weighted by Gasteiger charge is -2.16. The van der Waals surface area contributed by atoms with Crippen LogP contribution in [0.1, 0.15) is 27.9 Å². The predicted octanol–water partition coefficient (Wildman–Crippen LogP) is 6.33. The van der Waals surface area contributed by atoms with E-state index in [4.69, 9.17) is 10.5 Å². The molecule has 0 unspecified atom stereocenters. The van der Waals surface area contributed by atoms with Gasteiger partial charge in [-0.05, 0) is 70.4 Å². The van der Waals surface area contributed by atoms with Gasteiger partial charge in [-0.15, -0.1) is 0 Å². The molecule has 0 saturated carbocycles. The molecular weight excluding hydrogens is 558 g/mol. The molecule has 11 heteroatoms. The Morgan fingerprint density at radius 2 is 1.97 bits per heavy atom. The van der Waals surface area contributed by atoms with Gasteiger partial charge in [0, 0.05) is 52.0 Å². The van der Waals surface area contributed by atoms with Crippen molar-refractivity contribution >= 4 is 44.4 Å². The van der Waals surface area contributed by atoms with E-state index in [0.717, 1.165) is 22.1 Å². The molecule has 2 aromatic heterocycles. The second-order valence-corrected chi connectivity index (χ2v) is 9.30. The Hall–Kier alpha value is -4.38. The van der Waals surface area contributed by atoms with Gasteiger partial charge in [0.2, 0.25) is 5.95 Å². The summed E-state index contributed by atoms with van der Waals surface area (Å²) >= 11 is 3.56. The largest absolute Gasteiger partial charge is 0.495 e. The number of amides is 1. The lowest BCUT2D eigenvalue weighted by molar-refractivity contribution is 0.102. The van der Waals surface area contributed by atoms with Gasteiger partial charge in [-0.25, -0.2) is 23.7 Å². The van der Waals surface area contributed by atoms with E-state index in [9.17, 15) is 13.6 Å². The Kier molecular flexibility index (Phi) is 6.77. The first-order valence-electron chi connectivity index (χ1n) is 11.4. The van der Waals surface area contributed by atoms with Gasteiger partial charge in [0.1, 0.15) is 5.75 Å². The Balaban J connectivity index is 1.54. The number of carbonyl (C=O) groups is 1. The van der Waals surface area contributed by atoms with Crippen LogP contribution in [-0.4, -0.2) is 32.5 Å². The molecule has 3 aromatic carbocycles. The van der Waals surface area contributed by atoms with Gasteiger partial charge in [0.15, 0.2) is 0 Å². The topological polar surface area (TPSA) is 108 Å². The lowest BCUT2D eigenvalue weighted by Crippen LogP contribution is -2.13. The fraction of sp³-hybridized carbons (Fsp3) is 0.111. The fourth-order valence-corrected chi connectivity index (χ4v) is 4.88. The van der Waals surface area contributed by atoms with E-state index in [1.165, 1.54) is 18.5 Å². The highest BCUT2D eigenvalue weighted by atomic mass is 79.9. The third kappa shape index (κ3) is 4.80. The van der Waals surface area contributed by atoms with Gasteiger partial charge in [-0.1, -0.05) is 6.07 Å². The second kappa shape index (κ2) is 10.2. The van der Waals surface area contributed by atoms with Crippen molar-refractivity contribution < 1.29 is 18.3 Å². The number of aromatic nitrogens is 4. The number of alkyl halides is 2. The van der Waals surface area contributed by atoms with Crippen LogP contribution in [0.3, 0.4) is 0 Å². The standard InChI is InChI=1S/C27H21BrF2N6O2/c1-14-3-4-15(9-20(14)21-10-17-12-33-27(31)35-23(17)22(28)24(21)38-2)26(37)34-18-7-16(25(29)30)8-19(11-18)36-6-5-32-13-36/h3-13,25H,1-2H3,(H,34,37)(H2,31,33,35). The number of fused-ring (bicyclic) bond motifs is 1. The van der Waals surface area contributed by atoms with Crippen LogP contribution < -0.4 is 15.8 Å². The number of imidazole rings is 1. The molecule has 0 aliphatic heterocycles. The third-order valence-electron chi connectivity index (χ3n) is 6.03. The first-order valence-corrected chi connectivity index (χ1v) is 12.2. The molecule has 0 aliphatic rings. The highest BCUT2D eigenvalue weighted by Crippen LogP contribution is 2.42. The van der Waals surface area contributed by atoms with E-state index < -0.39 is 12.3 Å². The number of hydrogen-bond donors (Lipinski definition) is 2. The minimum Gasteiger partial charge on any atom is -0.495 e. The molecule has 2 heterocycles. The molecule has 8 nitrogen and oxygen atoms in total. The van der Waals surface area contributed by atoms with Gasteiger partial charge < -0.3 is 20.4 Å². The number of nitrogens with one attached hydrogen (secondary N) is 1. The zero-order valence-corrected chi connectivity index (χ0v) is 21.8. The number of hydrogen-bond acceptors (Lipinski definition) is 6. The molecular formula is C27H21BrF2N6O2. The Labute approximate surface area is 224 Å². The van der Waals surface area contributed by atoms with Crippen molar-refractivity contribution in [1.82, 2.24) is 19.5 Å². The van der Waals surface area contributed by atoms with Crippen LogP contribution in [0.2, 0.25) is 0 Å². The summed E-state index contributed by atoms with van der Waals surface area (Å²) in [6.45, 7) is 1.91. The molecule has 0 saturated heterocycles. The number of nitrogen functional groups attached to an aromatic ring is 1. The number of carbonyl (C=O) groups excluding carboxylic acids is 1. The molecule has 3 N–H and O–H groups in total. The molecule has 0 bridgehead atoms. The fourth-order valence-electron chi connectivity index (χ4n) is 4.18. The number of nitrogens with two attached hydrogens (primary N) is 1. The summed E-state index contributed by atoms with van der Waals surface area (Å²) in [6.07, 6.45) is 3.58. The minimum atomic E-state index is -2.71. The maximum Gasteiger partial charge on any atom is 0.264 e. The smallest absolute Gasteiger partial charge is 0.264 e. The van der Waals surface area contributed by atoms with Crippen molar-refractivity contribution in [3.63, 3.8) is 0 Å². The Morgan fingerprint density at radius 1 is 1.16 bits per heavy atom. The second-order valence-electron chi connectivity index (χ2n) is 8.51. The summed E-state index contributed by atoms with van der Waals surface area (Å²) in [5, 5.41) is 3.48. The summed E-state index contributed by atoms with van der Waals surface area (Å²) < 4.78 is 35.0. The monoisotopic (exact) mass is 578 g/mol. The maximum absolute atomic E-state index is 13.6. The van der Waals surface area contributed by atoms with Gasteiger partial charge >= 0.3 is 0 Å². The quantitative estimate of drug-likeness (QED) is 0.243. The third-order valence-corrected chi connectivity index (χ3v) is 6.77. The first-order chi connectivity index (χ1) is 18.2. The van der Waals surface area contributed by atoms with Crippen molar-refractivity contribution in [3.05, 3.63) is 88.5 Å². The van der Waals surface area contributed by atoms with E-state index in [0.29, 0.717) is 27.0 Å². The average Bonchev–Trinajstić information content (AvgIpc) is 3.44. The first kappa shape index (κ1) is 25.3. The minimum absolute atomic E-state index is 0.134. The van der Waals surface area contributed by atoms with Crippen molar-refractivity contribution in [2.75, 3.05) is 18.2 Å². The highest BCUT2D eigenvalue weighted by molar-refractivity contribution is 9.10. The van der Waals surface area contributed by atoms with Crippen LogP contribution in [0.5, 0.6) is 5.75 Å². The van der Waals surface area contributed by atoms with E-state index in [1.807, 2.05) is 19.1 Å². The number of rotatable bonds is 6. The predicted molar refractivity (Wildman–Crippen MR) is 145 cm³/mol. The molecule has 0 radical (unpaired) electrons. The van der Waals surface area contributed by atoms with Gasteiger partial charge in [-0.2, -0.15) is 0 Å². The Bertz CT molecular complexity index is 1670. The summed E-state index contributed by atoms with van der Waals surface area (Å²) in [7, 11) is 1.54. The van der Waals surface area contributed by atoms with Crippen molar-refractivity contribution in [2.24, 2.45) is 0 Å². The SMILES string of the molecule is COc1c(-c2cc(C(=O)Nc3cc(C(F)F)cc(-n4ccnc4)c3)ccc2C)cc2cnc(N)nc2c1Br. The summed E-state index contributed by atoms with van der Waals surface area (Å²) in [6, 6.07) is 11.3. The summed E-state index contributed by atoms with van der Waals surface area (Å²) in [4.78, 5) is 25.6. The molecule has 192 valence electrons. The molecule has 0 atom stereocenters. The van der Waals surface area contributed by atoms with E-state index in [2.05, 4.69) is 36.2 Å². The summed E-state index contributed by atoms with van der Waals surface area (Å²) in [5.74, 6) is 0.199. The molecule has 0 spiro atoms. The van der Waals surface area contributed by atoms with Gasteiger partial charge in [0.25, 0.3) is 12.3 Å². The van der Waals surface area contributed by atoms with Crippen LogP contribution in [0, 0.1) is 6.92 Å². The van der Waals surface area contributed by atoms with Crippen molar-refractivity contribution in [3.8, 4) is 22.6 Å². The molecule has 0 fully saturated rings. The van der Waals surface area contributed by atoms with Crippen LogP contribution in [-0.2, 0) is 0 Å². The van der Waals surface area contributed by atoms with Crippen molar-refractivity contribution in [2.45, 2.75) is 13.3 Å². The number of ether oxygens (including phenoxy) is 1. The van der Waals surface area contributed by atoms with E-state index in [1.54, 1.807) is 48.5 Å². The summed E-state index contributed by atoms with van der Waals surface area (Å²) in [5.41, 5.74) is 9.52. The van der Waals surface area contributed by atoms with Crippen LogP contribution in [0.4, 0.5) is 20.4 Å². The number of aryl methyl sites for hydroxylation is 1. The number of halogens is 3. The van der Waals surface area contributed by atoms with Crippen LogP contribution >= 0.6 is 15.9 Å². The average molecular weight is 579 g/mol. The number of nitrogens with zero attached hydrogens (tertiary/aromatic N) is 4.